The van der Waals surface area contributed by atoms with Gasteiger partial charge in [-0.3, -0.25) is 10.1 Å². The molecule has 0 radical (unpaired) electrons. The summed E-state index contributed by atoms with van der Waals surface area (Å²) < 4.78 is 9.59. The van der Waals surface area contributed by atoms with Gasteiger partial charge in [0.2, 0.25) is 0 Å². The largest absolute Gasteiger partial charge is 0.356 e. The van der Waals surface area contributed by atoms with Crippen molar-refractivity contribution in [3.05, 3.63) is 83.0 Å². The third kappa shape index (κ3) is 3.56. The van der Waals surface area contributed by atoms with Gasteiger partial charge in [0, 0.05) is 35.2 Å². The topological polar surface area (TPSA) is 100 Å². The lowest BCUT2D eigenvalue weighted by atomic mass is 10.2. The number of para-hydroxylation sites is 1. The molecule has 34 heavy (non-hydrogen) atoms. The van der Waals surface area contributed by atoms with E-state index in [0.29, 0.717) is 11.5 Å². The summed E-state index contributed by atoms with van der Waals surface area (Å²) in [5, 5.41) is 25.9. The number of nitro benzene ring substituents is 1. The van der Waals surface area contributed by atoms with Crippen LogP contribution in [0.5, 0.6) is 0 Å². The molecule has 0 amide bonds. The molecular weight excluding hydrogens is 432 g/mol. The fourth-order valence-corrected chi connectivity index (χ4v) is 4.51. The number of non-ortho nitro benzene ring substituents is 1. The molecule has 1 unspecified atom stereocenters. The summed E-state index contributed by atoms with van der Waals surface area (Å²) in [4.78, 5) is 10.9. The number of anilines is 2. The van der Waals surface area contributed by atoms with Crippen molar-refractivity contribution in [2.45, 2.75) is 25.5 Å². The highest BCUT2D eigenvalue weighted by atomic mass is 16.6. The van der Waals surface area contributed by atoms with Gasteiger partial charge < -0.3 is 10.1 Å². The van der Waals surface area contributed by atoms with E-state index < -0.39 is 4.92 Å². The molecule has 0 saturated carbocycles. The van der Waals surface area contributed by atoms with Crippen molar-refractivity contribution in [2.75, 3.05) is 11.9 Å². The Kier molecular flexibility index (Phi) is 4.96. The second-order valence-electron chi connectivity index (χ2n) is 8.36. The van der Waals surface area contributed by atoms with Crippen LogP contribution < -0.4 is 5.32 Å². The lowest BCUT2D eigenvalue weighted by molar-refractivity contribution is -0.384. The molecule has 2 aromatic heterocycles. The van der Waals surface area contributed by atoms with Gasteiger partial charge in [0.15, 0.2) is 12.0 Å². The van der Waals surface area contributed by atoms with Gasteiger partial charge in [0.25, 0.3) is 5.69 Å². The summed E-state index contributed by atoms with van der Waals surface area (Å²) in [5.41, 5.74) is 3.42. The highest BCUT2D eigenvalue weighted by molar-refractivity contribution is 5.94. The van der Waals surface area contributed by atoms with Gasteiger partial charge in [-0.2, -0.15) is 5.10 Å². The minimum Gasteiger partial charge on any atom is -0.356 e. The van der Waals surface area contributed by atoms with Gasteiger partial charge in [0.05, 0.1) is 27.8 Å². The smallest absolute Gasteiger partial charge is 0.271 e. The van der Waals surface area contributed by atoms with Crippen molar-refractivity contribution < 1.29 is 9.66 Å². The first kappa shape index (κ1) is 20.4. The Hall–Kier alpha value is -4.24. The van der Waals surface area contributed by atoms with E-state index in [9.17, 15) is 10.1 Å². The van der Waals surface area contributed by atoms with Crippen LogP contribution >= 0.6 is 0 Å². The van der Waals surface area contributed by atoms with E-state index in [-0.39, 0.29) is 11.9 Å². The number of ether oxygens (including phenoxy) is 1. The van der Waals surface area contributed by atoms with Crippen LogP contribution in [0.15, 0.2) is 72.9 Å². The molecule has 0 aliphatic carbocycles. The van der Waals surface area contributed by atoms with Crippen molar-refractivity contribution in [3.8, 4) is 5.69 Å². The third-order valence-corrected chi connectivity index (χ3v) is 6.16. The molecule has 1 atom stereocenters. The lowest BCUT2D eigenvalue weighted by Gasteiger charge is -2.23. The van der Waals surface area contributed by atoms with Gasteiger partial charge in [0.1, 0.15) is 0 Å². The van der Waals surface area contributed by atoms with Crippen LogP contribution in [0.1, 0.15) is 25.5 Å². The first-order valence-corrected chi connectivity index (χ1v) is 11.3. The van der Waals surface area contributed by atoms with Crippen LogP contribution in [0.4, 0.5) is 17.2 Å². The number of nitrogens with zero attached hydrogens (tertiary/aromatic N) is 5. The molecular formula is C25H22N6O3. The average molecular weight is 454 g/mol. The summed E-state index contributed by atoms with van der Waals surface area (Å²) in [6, 6.07) is 20.4. The standard InChI is InChI=1S/C25H22N6O3/c32-31(33)20-7-5-6-19(15-20)29-23-9-2-1-8-21(23)25(28-29)27-18-11-12-22-17(14-18)16-26-30(22)24-10-3-4-13-34-24/h1-2,5-9,11-12,14-16,24H,3-4,10,13H2,(H,27,28). The number of hydrogen-bond acceptors (Lipinski definition) is 6. The molecule has 0 bridgehead atoms. The van der Waals surface area contributed by atoms with Crippen LogP contribution in [-0.4, -0.2) is 31.1 Å². The first-order valence-electron chi connectivity index (χ1n) is 11.3. The van der Waals surface area contributed by atoms with Crippen LogP contribution in [0.3, 0.4) is 0 Å². The predicted molar refractivity (Wildman–Crippen MR) is 130 cm³/mol. The molecule has 1 N–H and O–H groups in total. The molecule has 6 rings (SSSR count). The number of fused-ring (bicyclic) bond motifs is 2. The molecule has 1 aliphatic heterocycles. The normalized spacial score (nSPS) is 16.2. The molecule has 3 heterocycles. The molecule has 9 heteroatoms. The highest BCUT2D eigenvalue weighted by Gasteiger charge is 2.19. The predicted octanol–water partition coefficient (Wildman–Crippen LogP) is 5.73. The fraction of sp³-hybridized carbons (Fsp3) is 0.200. The van der Waals surface area contributed by atoms with Crippen LogP contribution in [-0.2, 0) is 4.74 Å². The number of benzene rings is 3. The van der Waals surface area contributed by atoms with Gasteiger partial charge >= 0.3 is 0 Å². The summed E-state index contributed by atoms with van der Waals surface area (Å²) in [6.45, 7) is 0.770. The van der Waals surface area contributed by atoms with E-state index in [2.05, 4.69) is 10.4 Å². The average Bonchev–Trinajstić information content (AvgIpc) is 3.46. The zero-order valence-electron chi connectivity index (χ0n) is 18.3. The fourth-order valence-electron chi connectivity index (χ4n) is 4.51. The van der Waals surface area contributed by atoms with E-state index in [1.807, 2.05) is 59.4 Å². The minimum atomic E-state index is -0.401. The highest BCUT2D eigenvalue weighted by Crippen LogP contribution is 2.31. The Morgan fingerprint density at radius 2 is 1.94 bits per heavy atom. The minimum absolute atomic E-state index is 0.0142. The van der Waals surface area contributed by atoms with Crippen molar-refractivity contribution >= 4 is 39.0 Å². The Morgan fingerprint density at radius 3 is 2.79 bits per heavy atom. The van der Waals surface area contributed by atoms with E-state index in [4.69, 9.17) is 9.84 Å². The quantitative estimate of drug-likeness (QED) is 0.269. The Bertz CT molecular complexity index is 1520. The number of nitro groups is 1. The van der Waals surface area contributed by atoms with Gasteiger partial charge in [-0.15, -0.1) is 5.10 Å². The monoisotopic (exact) mass is 454 g/mol. The van der Waals surface area contributed by atoms with E-state index >= 15 is 0 Å². The number of hydrogen-bond donors (Lipinski definition) is 1. The second-order valence-corrected chi connectivity index (χ2v) is 8.36. The van der Waals surface area contributed by atoms with Gasteiger partial charge in [-0.05, 0) is 55.7 Å². The summed E-state index contributed by atoms with van der Waals surface area (Å²) in [5.74, 6) is 0.671. The number of nitrogens with one attached hydrogen (secondary N) is 1. The summed E-state index contributed by atoms with van der Waals surface area (Å²) in [7, 11) is 0. The maximum absolute atomic E-state index is 11.3. The van der Waals surface area contributed by atoms with Crippen molar-refractivity contribution in [2.24, 2.45) is 0 Å². The molecule has 1 saturated heterocycles. The molecule has 5 aromatic rings. The zero-order chi connectivity index (χ0) is 23.1. The van der Waals surface area contributed by atoms with Crippen LogP contribution in [0, 0.1) is 10.1 Å². The Balaban J connectivity index is 1.36. The number of rotatable bonds is 5. The summed E-state index contributed by atoms with van der Waals surface area (Å²) in [6.07, 6.45) is 5.06. The third-order valence-electron chi connectivity index (χ3n) is 6.16. The van der Waals surface area contributed by atoms with Crippen LogP contribution in [0.2, 0.25) is 0 Å². The number of aromatic nitrogens is 4. The Labute approximate surface area is 194 Å². The summed E-state index contributed by atoms with van der Waals surface area (Å²) >= 11 is 0. The van der Waals surface area contributed by atoms with Crippen LogP contribution in [0.25, 0.3) is 27.5 Å². The van der Waals surface area contributed by atoms with E-state index in [0.717, 1.165) is 53.4 Å². The lowest BCUT2D eigenvalue weighted by Crippen LogP contribution is -2.18. The van der Waals surface area contributed by atoms with Crippen molar-refractivity contribution in [1.29, 1.82) is 0 Å². The van der Waals surface area contributed by atoms with E-state index in [1.165, 1.54) is 12.1 Å². The van der Waals surface area contributed by atoms with E-state index in [1.54, 1.807) is 10.7 Å². The van der Waals surface area contributed by atoms with Gasteiger partial charge in [-0.25, -0.2) is 9.36 Å². The van der Waals surface area contributed by atoms with Gasteiger partial charge in [-0.1, -0.05) is 18.2 Å². The SMILES string of the molecule is O=[N+]([O-])c1cccc(-n2nc(Nc3ccc4c(cnn4C4CCCCO4)c3)c3ccccc32)c1. The molecule has 0 spiro atoms. The molecule has 3 aromatic carbocycles. The maximum atomic E-state index is 11.3. The Morgan fingerprint density at radius 1 is 1.03 bits per heavy atom. The zero-order valence-corrected chi connectivity index (χ0v) is 18.3. The van der Waals surface area contributed by atoms with Crippen molar-refractivity contribution in [3.63, 3.8) is 0 Å². The maximum Gasteiger partial charge on any atom is 0.271 e. The molecule has 1 fully saturated rings. The second kappa shape index (κ2) is 8.27. The molecule has 9 nitrogen and oxygen atoms in total. The molecule has 170 valence electrons. The van der Waals surface area contributed by atoms with Crippen molar-refractivity contribution in [1.82, 2.24) is 19.6 Å². The molecule has 1 aliphatic rings. The first-order chi connectivity index (χ1) is 16.7.